The molecule has 0 amide bonds. The third-order valence-electron chi connectivity index (χ3n) is 5.32. The van der Waals surface area contributed by atoms with E-state index in [9.17, 15) is 0 Å². The Kier molecular flexibility index (Phi) is 7.25. The van der Waals surface area contributed by atoms with Crippen LogP contribution in [0.5, 0.6) is 0 Å². The highest BCUT2D eigenvalue weighted by Gasteiger charge is 2.14. The van der Waals surface area contributed by atoms with Crippen molar-refractivity contribution in [3.63, 3.8) is 0 Å². The van der Waals surface area contributed by atoms with Gasteiger partial charge in [0, 0.05) is 35.7 Å². The first-order chi connectivity index (χ1) is 15.6. The number of nitrogens with one attached hydrogen (secondary N) is 1. The minimum absolute atomic E-state index is 0.695. The number of aryl methyl sites for hydroxylation is 1. The van der Waals surface area contributed by atoms with E-state index >= 15 is 0 Å². The summed E-state index contributed by atoms with van der Waals surface area (Å²) >= 11 is 12.0. The standard InChI is InChI=1S/C27H26ClN3S/c1-21-12-14-25(15-13-21)29-27(32)31(18-22-7-3-2-4-8-22)20-26-11-6-16-30(26)19-23-9-5-10-24(28)17-23/h2-17H,18-20H2,1H3,(H,29,32). The first kappa shape index (κ1) is 22.1. The highest BCUT2D eigenvalue weighted by Crippen LogP contribution is 2.17. The zero-order chi connectivity index (χ0) is 22.3. The normalized spacial score (nSPS) is 10.7. The van der Waals surface area contributed by atoms with E-state index < -0.39 is 0 Å². The molecular formula is C27H26ClN3S. The highest BCUT2D eigenvalue weighted by molar-refractivity contribution is 7.80. The maximum Gasteiger partial charge on any atom is 0.174 e. The maximum atomic E-state index is 6.18. The number of anilines is 1. The average molecular weight is 460 g/mol. The van der Waals surface area contributed by atoms with Crippen LogP contribution in [-0.4, -0.2) is 14.6 Å². The van der Waals surface area contributed by atoms with Crippen molar-refractivity contribution in [2.75, 3.05) is 5.32 Å². The predicted octanol–water partition coefficient (Wildman–Crippen LogP) is 6.90. The lowest BCUT2D eigenvalue weighted by atomic mass is 10.2. The number of hydrogen-bond donors (Lipinski definition) is 1. The Bertz CT molecular complexity index is 1170. The van der Waals surface area contributed by atoms with E-state index in [1.54, 1.807) is 0 Å². The molecule has 4 rings (SSSR count). The van der Waals surface area contributed by atoms with Gasteiger partial charge in [0.2, 0.25) is 0 Å². The molecule has 0 atom stereocenters. The number of rotatable bonds is 7. The number of benzene rings is 3. The molecular weight excluding hydrogens is 434 g/mol. The van der Waals surface area contributed by atoms with Crippen molar-refractivity contribution in [3.05, 3.63) is 125 Å². The second-order valence-corrected chi connectivity index (χ2v) is 8.72. The van der Waals surface area contributed by atoms with E-state index in [2.05, 4.69) is 94.6 Å². The van der Waals surface area contributed by atoms with Crippen LogP contribution in [0.4, 0.5) is 5.69 Å². The van der Waals surface area contributed by atoms with Crippen LogP contribution in [-0.2, 0) is 19.6 Å². The molecule has 0 aliphatic rings. The summed E-state index contributed by atoms with van der Waals surface area (Å²) in [6.07, 6.45) is 2.10. The van der Waals surface area contributed by atoms with Gasteiger partial charge in [0.25, 0.3) is 0 Å². The van der Waals surface area contributed by atoms with Gasteiger partial charge in [-0.3, -0.25) is 0 Å². The first-order valence-electron chi connectivity index (χ1n) is 10.6. The molecule has 0 saturated carbocycles. The molecule has 0 spiro atoms. The monoisotopic (exact) mass is 459 g/mol. The van der Waals surface area contributed by atoms with Gasteiger partial charge in [-0.1, -0.05) is 71.8 Å². The number of aromatic nitrogens is 1. The lowest BCUT2D eigenvalue weighted by molar-refractivity contribution is 0.399. The molecule has 162 valence electrons. The molecule has 32 heavy (non-hydrogen) atoms. The Hall–Kier alpha value is -3.08. The predicted molar refractivity (Wildman–Crippen MR) is 138 cm³/mol. The third-order valence-corrected chi connectivity index (χ3v) is 5.92. The van der Waals surface area contributed by atoms with Crippen molar-refractivity contribution < 1.29 is 0 Å². The third kappa shape index (κ3) is 6.00. The molecule has 1 N–H and O–H groups in total. The van der Waals surface area contributed by atoms with Crippen LogP contribution in [0.15, 0.2) is 97.2 Å². The summed E-state index contributed by atoms with van der Waals surface area (Å²) < 4.78 is 2.25. The van der Waals surface area contributed by atoms with E-state index in [1.807, 2.05) is 24.3 Å². The topological polar surface area (TPSA) is 20.2 Å². The summed E-state index contributed by atoms with van der Waals surface area (Å²) in [6.45, 7) is 4.26. The zero-order valence-electron chi connectivity index (χ0n) is 18.0. The molecule has 0 fully saturated rings. The van der Waals surface area contributed by atoms with Gasteiger partial charge in [-0.25, -0.2) is 0 Å². The lowest BCUT2D eigenvalue weighted by Gasteiger charge is -2.27. The Labute approximate surface area is 200 Å². The van der Waals surface area contributed by atoms with E-state index in [0.717, 1.165) is 23.8 Å². The smallest absolute Gasteiger partial charge is 0.174 e. The number of nitrogens with zero attached hydrogens (tertiary/aromatic N) is 2. The van der Waals surface area contributed by atoms with E-state index in [0.29, 0.717) is 11.7 Å². The summed E-state index contributed by atoms with van der Waals surface area (Å²) in [5, 5.41) is 4.87. The van der Waals surface area contributed by atoms with Crippen molar-refractivity contribution in [2.24, 2.45) is 0 Å². The zero-order valence-corrected chi connectivity index (χ0v) is 19.6. The molecule has 5 heteroatoms. The Morgan fingerprint density at radius 2 is 1.62 bits per heavy atom. The van der Waals surface area contributed by atoms with Crippen LogP contribution in [0.3, 0.4) is 0 Å². The molecule has 0 saturated heterocycles. The molecule has 0 bridgehead atoms. The van der Waals surface area contributed by atoms with Gasteiger partial charge in [0.15, 0.2) is 5.11 Å². The van der Waals surface area contributed by atoms with Gasteiger partial charge in [0.05, 0.1) is 6.54 Å². The molecule has 4 aromatic rings. The van der Waals surface area contributed by atoms with Crippen LogP contribution < -0.4 is 5.32 Å². The number of hydrogen-bond acceptors (Lipinski definition) is 1. The average Bonchev–Trinajstić information content (AvgIpc) is 3.22. The van der Waals surface area contributed by atoms with Crippen molar-refractivity contribution in [1.82, 2.24) is 9.47 Å². The van der Waals surface area contributed by atoms with Crippen molar-refractivity contribution in [2.45, 2.75) is 26.6 Å². The molecule has 3 aromatic carbocycles. The highest BCUT2D eigenvalue weighted by atomic mass is 35.5. The molecule has 0 aliphatic heterocycles. The molecule has 0 unspecified atom stereocenters. The molecule has 3 nitrogen and oxygen atoms in total. The van der Waals surface area contributed by atoms with E-state index in [1.165, 1.54) is 22.4 Å². The fraction of sp³-hybridized carbons (Fsp3) is 0.148. The number of halogens is 1. The van der Waals surface area contributed by atoms with Crippen molar-refractivity contribution in [1.29, 1.82) is 0 Å². The van der Waals surface area contributed by atoms with Gasteiger partial charge in [-0.15, -0.1) is 0 Å². The minimum atomic E-state index is 0.695. The lowest BCUT2D eigenvalue weighted by Crippen LogP contribution is -2.34. The fourth-order valence-corrected chi connectivity index (χ4v) is 4.08. The van der Waals surface area contributed by atoms with Crippen LogP contribution >= 0.6 is 23.8 Å². The largest absolute Gasteiger partial charge is 0.345 e. The Morgan fingerprint density at radius 1 is 0.875 bits per heavy atom. The van der Waals surface area contributed by atoms with Gasteiger partial charge in [-0.2, -0.15) is 0 Å². The first-order valence-corrected chi connectivity index (χ1v) is 11.4. The van der Waals surface area contributed by atoms with Gasteiger partial charge < -0.3 is 14.8 Å². The molecule has 1 aromatic heterocycles. The van der Waals surface area contributed by atoms with Crippen molar-refractivity contribution in [3.8, 4) is 0 Å². The second-order valence-electron chi connectivity index (χ2n) is 7.90. The van der Waals surface area contributed by atoms with Crippen LogP contribution in [0.1, 0.15) is 22.4 Å². The fourth-order valence-electron chi connectivity index (χ4n) is 3.62. The minimum Gasteiger partial charge on any atom is -0.345 e. The van der Waals surface area contributed by atoms with Crippen molar-refractivity contribution >= 4 is 34.6 Å². The Balaban J connectivity index is 1.54. The van der Waals surface area contributed by atoms with E-state index in [-0.39, 0.29) is 0 Å². The summed E-state index contributed by atoms with van der Waals surface area (Å²) in [4.78, 5) is 2.20. The molecule has 0 radical (unpaired) electrons. The van der Waals surface area contributed by atoms with Crippen LogP contribution in [0.25, 0.3) is 0 Å². The number of thiocarbonyl (C=S) groups is 1. The Morgan fingerprint density at radius 3 is 2.38 bits per heavy atom. The van der Waals surface area contributed by atoms with Crippen LogP contribution in [0.2, 0.25) is 5.02 Å². The summed E-state index contributed by atoms with van der Waals surface area (Å²) in [6, 6.07) is 30.9. The van der Waals surface area contributed by atoms with Gasteiger partial charge in [0.1, 0.15) is 0 Å². The molecule has 0 aliphatic carbocycles. The van der Waals surface area contributed by atoms with Crippen LogP contribution in [0, 0.1) is 6.92 Å². The van der Waals surface area contributed by atoms with Gasteiger partial charge >= 0.3 is 0 Å². The second kappa shape index (κ2) is 10.5. The van der Waals surface area contributed by atoms with Gasteiger partial charge in [-0.05, 0) is 66.7 Å². The maximum absolute atomic E-state index is 6.18. The van der Waals surface area contributed by atoms with E-state index in [4.69, 9.17) is 23.8 Å². The summed E-state index contributed by atoms with van der Waals surface area (Å²) in [5.74, 6) is 0. The quantitative estimate of drug-likeness (QED) is 0.303. The SMILES string of the molecule is Cc1ccc(NC(=S)N(Cc2ccccc2)Cc2cccn2Cc2cccc(Cl)c2)cc1. The summed E-state index contributed by atoms with van der Waals surface area (Å²) in [7, 11) is 0. The summed E-state index contributed by atoms with van der Waals surface area (Å²) in [5.41, 5.74) is 5.79. The molecule has 1 heterocycles.